The smallest absolute Gasteiger partial charge is 0.318 e. The van der Waals surface area contributed by atoms with E-state index in [0.717, 1.165) is 50.0 Å². The lowest BCUT2D eigenvalue weighted by Crippen LogP contribution is -2.41. The van der Waals surface area contributed by atoms with Gasteiger partial charge in [-0.3, -0.25) is 0 Å². The first-order chi connectivity index (χ1) is 12.6. The molecule has 142 valence electrons. The highest BCUT2D eigenvalue weighted by Gasteiger charge is 2.44. The summed E-state index contributed by atoms with van der Waals surface area (Å²) in [5, 5.41) is 14.1. The molecule has 5 nitrogen and oxygen atoms in total. The number of likely N-dealkylation sites (tertiary alicyclic amines) is 1. The molecule has 1 aliphatic carbocycles. The van der Waals surface area contributed by atoms with E-state index in [9.17, 15) is 9.90 Å². The second kappa shape index (κ2) is 7.75. The molecule has 0 aromatic heterocycles. The normalized spacial score (nSPS) is 31.8. The number of amides is 2. The van der Waals surface area contributed by atoms with Gasteiger partial charge in [-0.15, -0.1) is 0 Å². The van der Waals surface area contributed by atoms with Crippen molar-refractivity contribution in [2.45, 2.75) is 37.8 Å². The van der Waals surface area contributed by atoms with Crippen molar-refractivity contribution in [1.82, 2.24) is 10.2 Å². The molecule has 1 aromatic rings. The van der Waals surface area contributed by atoms with Crippen LogP contribution >= 0.6 is 11.6 Å². The Bertz CT molecular complexity index is 632. The Kier molecular flexibility index (Phi) is 5.39. The number of urea groups is 1. The van der Waals surface area contributed by atoms with Crippen molar-refractivity contribution in [3.8, 4) is 0 Å². The average Bonchev–Trinajstić information content (AvgIpc) is 3.35. The minimum Gasteiger partial charge on any atom is -0.391 e. The molecule has 2 amide bonds. The lowest BCUT2D eigenvalue weighted by molar-refractivity contribution is 0.0581. The summed E-state index contributed by atoms with van der Waals surface area (Å²) in [6, 6.07) is 7.03. The number of ether oxygens (including phenoxy) is 1. The highest BCUT2D eigenvalue weighted by molar-refractivity contribution is 6.30. The molecule has 3 aliphatic rings. The van der Waals surface area contributed by atoms with Crippen molar-refractivity contribution >= 4 is 17.6 Å². The van der Waals surface area contributed by atoms with Gasteiger partial charge in [-0.25, -0.2) is 4.79 Å². The third-order valence-electron chi connectivity index (χ3n) is 6.20. The van der Waals surface area contributed by atoms with E-state index in [1.165, 1.54) is 6.42 Å². The second-order valence-electron chi connectivity index (χ2n) is 7.84. The van der Waals surface area contributed by atoms with Gasteiger partial charge >= 0.3 is 6.03 Å². The summed E-state index contributed by atoms with van der Waals surface area (Å²) in [4.78, 5) is 14.5. The fraction of sp³-hybridized carbons (Fsp3) is 0.650. The zero-order chi connectivity index (χ0) is 18.1. The third kappa shape index (κ3) is 3.85. The number of aliphatic hydroxyl groups excluding tert-OH is 1. The number of aliphatic hydroxyl groups is 1. The first-order valence-electron chi connectivity index (χ1n) is 9.69. The maximum Gasteiger partial charge on any atom is 0.318 e. The van der Waals surface area contributed by atoms with Gasteiger partial charge in [0.1, 0.15) is 0 Å². The fourth-order valence-electron chi connectivity index (χ4n) is 4.61. The number of nitrogens with one attached hydrogen (secondary N) is 1. The molecule has 2 N–H and O–H groups in total. The molecule has 4 rings (SSSR count). The predicted octanol–water partition coefficient (Wildman–Crippen LogP) is 3.22. The van der Waals surface area contributed by atoms with Crippen LogP contribution in [0.3, 0.4) is 0 Å². The van der Waals surface area contributed by atoms with Crippen LogP contribution in [0.25, 0.3) is 0 Å². The molecule has 26 heavy (non-hydrogen) atoms. The molecular weight excluding hydrogens is 352 g/mol. The number of carbonyl (C=O) groups is 1. The van der Waals surface area contributed by atoms with Crippen LogP contribution in [0.15, 0.2) is 24.3 Å². The number of halogens is 1. The Morgan fingerprint density at radius 3 is 2.69 bits per heavy atom. The van der Waals surface area contributed by atoms with Crippen LogP contribution in [0.4, 0.5) is 4.79 Å². The number of rotatable bonds is 4. The van der Waals surface area contributed by atoms with Crippen LogP contribution in [-0.2, 0) is 4.74 Å². The van der Waals surface area contributed by atoms with E-state index in [1.807, 2.05) is 12.1 Å². The highest BCUT2D eigenvalue weighted by Crippen LogP contribution is 2.47. The maximum atomic E-state index is 12.7. The van der Waals surface area contributed by atoms with E-state index in [0.29, 0.717) is 23.9 Å². The van der Waals surface area contributed by atoms with Gasteiger partial charge in [0, 0.05) is 31.3 Å². The van der Waals surface area contributed by atoms with E-state index in [-0.39, 0.29) is 12.1 Å². The maximum absolute atomic E-state index is 12.7. The van der Waals surface area contributed by atoms with Crippen molar-refractivity contribution in [1.29, 1.82) is 0 Å². The summed E-state index contributed by atoms with van der Waals surface area (Å²) in [6.07, 6.45) is 3.61. The number of benzene rings is 1. The fourth-order valence-corrected chi connectivity index (χ4v) is 4.74. The van der Waals surface area contributed by atoms with Crippen molar-refractivity contribution in [3.63, 3.8) is 0 Å². The van der Waals surface area contributed by atoms with Gasteiger partial charge in [-0.2, -0.15) is 0 Å². The highest BCUT2D eigenvalue weighted by atomic mass is 35.5. The minimum atomic E-state index is -0.530. The molecule has 4 atom stereocenters. The Balaban J connectivity index is 1.32. The SMILES string of the molecule is O=C(NC[C@@H]1C[C@H]1C1CCOCC1)N1CC[C@@H](O)[C@H]1c1ccc(Cl)cc1. The minimum absolute atomic E-state index is 0.0703. The Morgan fingerprint density at radius 1 is 1.23 bits per heavy atom. The molecule has 0 spiro atoms. The molecule has 3 fully saturated rings. The second-order valence-corrected chi connectivity index (χ2v) is 8.28. The molecule has 0 unspecified atom stereocenters. The molecule has 0 radical (unpaired) electrons. The van der Waals surface area contributed by atoms with E-state index >= 15 is 0 Å². The van der Waals surface area contributed by atoms with Crippen LogP contribution < -0.4 is 5.32 Å². The van der Waals surface area contributed by atoms with E-state index in [1.54, 1.807) is 17.0 Å². The average molecular weight is 379 g/mol. The van der Waals surface area contributed by atoms with Gasteiger partial charge in [0.15, 0.2) is 0 Å². The first-order valence-corrected chi connectivity index (χ1v) is 10.1. The molecule has 1 saturated carbocycles. The lowest BCUT2D eigenvalue weighted by Gasteiger charge is -2.27. The van der Waals surface area contributed by atoms with Crippen LogP contribution in [0, 0.1) is 17.8 Å². The van der Waals surface area contributed by atoms with Gasteiger partial charge in [-0.1, -0.05) is 23.7 Å². The van der Waals surface area contributed by atoms with Crippen LogP contribution in [0.5, 0.6) is 0 Å². The van der Waals surface area contributed by atoms with Crippen molar-refractivity contribution < 1.29 is 14.6 Å². The van der Waals surface area contributed by atoms with Crippen LogP contribution in [0.1, 0.15) is 37.3 Å². The first kappa shape index (κ1) is 18.1. The van der Waals surface area contributed by atoms with Gasteiger partial charge in [-0.05, 0) is 61.1 Å². The predicted molar refractivity (Wildman–Crippen MR) is 100 cm³/mol. The zero-order valence-electron chi connectivity index (χ0n) is 14.9. The Labute approximate surface area is 159 Å². The summed E-state index contributed by atoms with van der Waals surface area (Å²) in [6.45, 7) is 3.08. The topological polar surface area (TPSA) is 61.8 Å². The molecular formula is C20H27ClN2O3. The lowest BCUT2D eigenvalue weighted by atomic mass is 9.93. The summed E-state index contributed by atoms with van der Waals surface area (Å²) >= 11 is 5.96. The summed E-state index contributed by atoms with van der Waals surface area (Å²) < 4.78 is 5.44. The molecule has 1 aromatic carbocycles. The van der Waals surface area contributed by atoms with Gasteiger partial charge < -0.3 is 20.1 Å². The van der Waals surface area contributed by atoms with E-state index in [2.05, 4.69) is 5.32 Å². The van der Waals surface area contributed by atoms with Gasteiger partial charge in [0.25, 0.3) is 0 Å². The Morgan fingerprint density at radius 2 is 1.96 bits per heavy atom. The molecule has 2 aliphatic heterocycles. The monoisotopic (exact) mass is 378 g/mol. The van der Waals surface area contributed by atoms with Gasteiger partial charge in [0.05, 0.1) is 12.1 Å². The summed E-state index contributed by atoms with van der Waals surface area (Å²) in [5.41, 5.74) is 0.932. The van der Waals surface area contributed by atoms with E-state index in [4.69, 9.17) is 16.3 Å². The van der Waals surface area contributed by atoms with Crippen molar-refractivity contribution in [3.05, 3.63) is 34.9 Å². The van der Waals surface area contributed by atoms with Crippen molar-refractivity contribution in [2.75, 3.05) is 26.3 Å². The molecule has 2 saturated heterocycles. The summed E-state index contributed by atoms with van der Waals surface area (Å²) in [5.74, 6) is 2.11. The van der Waals surface area contributed by atoms with Crippen LogP contribution in [0.2, 0.25) is 5.02 Å². The number of hydrogen-bond acceptors (Lipinski definition) is 3. The molecule has 2 heterocycles. The summed E-state index contributed by atoms with van der Waals surface area (Å²) in [7, 11) is 0. The molecule has 0 bridgehead atoms. The van der Waals surface area contributed by atoms with Crippen LogP contribution in [-0.4, -0.2) is 48.4 Å². The molecule has 6 heteroatoms. The number of carbonyl (C=O) groups excluding carboxylic acids is 1. The zero-order valence-corrected chi connectivity index (χ0v) is 15.7. The quantitative estimate of drug-likeness (QED) is 0.845. The number of hydrogen-bond donors (Lipinski definition) is 2. The van der Waals surface area contributed by atoms with Crippen molar-refractivity contribution in [2.24, 2.45) is 17.8 Å². The Hall–Kier alpha value is -1.30. The third-order valence-corrected chi connectivity index (χ3v) is 6.45. The van der Waals surface area contributed by atoms with Gasteiger partial charge in [0.2, 0.25) is 0 Å². The number of nitrogens with zero attached hydrogens (tertiary/aromatic N) is 1. The standard InChI is InChI=1S/C20H27ClN2O3/c21-16-3-1-14(2-4-16)19-18(24)5-8-23(19)20(25)22-12-15-11-17(15)13-6-9-26-10-7-13/h1-4,13,15,17-19,24H,5-12H2,(H,22,25)/t15-,17-,18+,19+/m0/s1. The largest absolute Gasteiger partial charge is 0.391 e. The van der Waals surface area contributed by atoms with E-state index < -0.39 is 6.10 Å².